The lowest BCUT2D eigenvalue weighted by Crippen LogP contribution is -2.31. The van der Waals surface area contributed by atoms with E-state index in [1.165, 1.54) is 6.42 Å². The summed E-state index contributed by atoms with van der Waals surface area (Å²) in [7, 11) is 0. The fraction of sp³-hybridized carbons (Fsp3) is 0.923. The van der Waals surface area contributed by atoms with E-state index in [1.807, 2.05) is 0 Å². The van der Waals surface area contributed by atoms with Gasteiger partial charge >= 0.3 is 0 Å². The molecular weight excluding hydrogens is 172 g/mol. The Labute approximate surface area is 88.3 Å². The highest BCUT2D eigenvalue weighted by molar-refractivity contribution is 5.79. The van der Waals surface area contributed by atoms with Crippen molar-refractivity contribution < 1.29 is 4.79 Å². The Morgan fingerprint density at radius 3 is 2.50 bits per heavy atom. The topological polar surface area (TPSA) is 17.1 Å². The maximum absolute atomic E-state index is 11.5. The summed E-state index contributed by atoms with van der Waals surface area (Å²) in [5.74, 6) is 3.35. The van der Waals surface area contributed by atoms with Crippen molar-refractivity contribution in [1.29, 1.82) is 0 Å². The van der Waals surface area contributed by atoms with Gasteiger partial charge < -0.3 is 0 Å². The van der Waals surface area contributed by atoms with Crippen LogP contribution in [0.25, 0.3) is 0 Å². The molecule has 14 heavy (non-hydrogen) atoms. The van der Waals surface area contributed by atoms with Crippen molar-refractivity contribution in [2.75, 3.05) is 0 Å². The third-order valence-corrected chi connectivity index (χ3v) is 4.11. The van der Waals surface area contributed by atoms with Crippen molar-refractivity contribution >= 4 is 5.78 Å². The largest absolute Gasteiger partial charge is 0.300 e. The number of hydrogen-bond donors (Lipinski definition) is 0. The van der Waals surface area contributed by atoms with Gasteiger partial charge in [0.25, 0.3) is 0 Å². The standard InChI is InChI=1S/C13H24O/c1-5-11-6-7-12(14)8-13(11)10(4)9(2)3/h9-11,13H,5-8H2,1-4H3. The first kappa shape index (κ1) is 11.7. The van der Waals surface area contributed by atoms with Crippen LogP contribution in [-0.4, -0.2) is 5.78 Å². The molecular formula is C13H24O. The second-order valence-electron chi connectivity index (χ2n) is 5.22. The van der Waals surface area contributed by atoms with Gasteiger partial charge in [-0.25, -0.2) is 0 Å². The molecule has 1 fully saturated rings. The monoisotopic (exact) mass is 196 g/mol. The number of carbonyl (C=O) groups is 1. The zero-order valence-electron chi connectivity index (χ0n) is 10.0. The average Bonchev–Trinajstić information content (AvgIpc) is 2.16. The molecule has 0 heterocycles. The Morgan fingerprint density at radius 2 is 2.00 bits per heavy atom. The second kappa shape index (κ2) is 4.95. The van der Waals surface area contributed by atoms with E-state index in [4.69, 9.17) is 0 Å². The molecule has 1 nitrogen and oxygen atoms in total. The molecule has 1 aliphatic carbocycles. The molecule has 0 amide bonds. The van der Waals surface area contributed by atoms with Crippen LogP contribution in [0.5, 0.6) is 0 Å². The Kier molecular flexibility index (Phi) is 4.15. The summed E-state index contributed by atoms with van der Waals surface area (Å²) in [5.41, 5.74) is 0. The summed E-state index contributed by atoms with van der Waals surface area (Å²) in [6.45, 7) is 9.13. The highest BCUT2D eigenvalue weighted by atomic mass is 16.1. The molecule has 1 rings (SSSR count). The van der Waals surface area contributed by atoms with E-state index >= 15 is 0 Å². The maximum Gasteiger partial charge on any atom is 0.133 e. The molecule has 1 aliphatic rings. The molecule has 0 saturated heterocycles. The fourth-order valence-corrected chi connectivity index (χ4v) is 2.71. The van der Waals surface area contributed by atoms with Crippen LogP contribution in [0.15, 0.2) is 0 Å². The highest BCUT2D eigenvalue weighted by Gasteiger charge is 2.32. The number of carbonyl (C=O) groups excluding carboxylic acids is 1. The molecule has 3 atom stereocenters. The fourth-order valence-electron chi connectivity index (χ4n) is 2.71. The van der Waals surface area contributed by atoms with Gasteiger partial charge in [0.15, 0.2) is 0 Å². The number of hydrogen-bond acceptors (Lipinski definition) is 1. The van der Waals surface area contributed by atoms with Gasteiger partial charge in [0.1, 0.15) is 5.78 Å². The summed E-state index contributed by atoms with van der Waals surface area (Å²) in [5, 5.41) is 0. The second-order valence-corrected chi connectivity index (χ2v) is 5.22. The zero-order chi connectivity index (χ0) is 10.7. The third-order valence-electron chi connectivity index (χ3n) is 4.11. The van der Waals surface area contributed by atoms with Crippen molar-refractivity contribution in [1.82, 2.24) is 0 Å². The highest BCUT2D eigenvalue weighted by Crippen LogP contribution is 2.38. The van der Waals surface area contributed by atoms with Crippen LogP contribution in [0.4, 0.5) is 0 Å². The maximum atomic E-state index is 11.5. The van der Waals surface area contributed by atoms with Gasteiger partial charge in [0.05, 0.1) is 0 Å². The van der Waals surface area contributed by atoms with E-state index in [-0.39, 0.29) is 0 Å². The third kappa shape index (κ3) is 2.59. The van der Waals surface area contributed by atoms with Gasteiger partial charge in [-0.1, -0.05) is 34.1 Å². The minimum Gasteiger partial charge on any atom is -0.300 e. The van der Waals surface area contributed by atoms with Crippen molar-refractivity contribution in [3.05, 3.63) is 0 Å². The molecule has 1 heteroatoms. The minimum atomic E-state index is 0.493. The van der Waals surface area contributed by atoms with E-state index in [0.717, 1.165) is 25.2 Å². The molecule has 0 aromatic rings. The van der Waals surface area contributed by atoms with Gasteiger partial charge in [0, 0.05) is 12.8 Å². The van der Waals surface area contributed by atoms with E-state index < -0.39 is 0 Å². The Hall–Kier alpha value is -0.330. The smallest absolute Gasteiger partial charge is 0.133 e. The van der Waals surface area contributed by atoms with E-state index in [0.29, 0.717) is 23.5 Å². The van der Waals surface area contributed by atoms with Crippen LogP contribution < -0.4 is 0 Å². The number of Topliss-reactive ketones (excluding diaryl/α,β-unsaturated/α-hetero) is 1. The summed E-state index contributed by atoms with van der Waals surface area (Å²) in [6.07, 6.45) is 4.06. The van der Waals surface area contributed by atoms with Crippen molar-refractivity contribution in [2.45, 2.75) is 53.4 Å². The molecule has 0 N–H and O–H groups in total. The Morgan fingerprint density at radius 1 is 1.36 bits per heavy atom. The minimum absolute atomic E-state index is 0.493. The summed E-state index contributed by atoms with van der Waals surface area (Å²) >= 11 is 0. The van der Waals surface area contributed by atoms with E-state index in [2.05, 4.69) is 27.7 Å². The number of rotatable bonds is 3. The summed E-state index contributed by atoms with van der Waals surface area (Å²) in [6, 6.07) is 0. The first-order valence-electron chi connectivity index (χ1n) is 6.08. The molecule has 0 bridgehead atoms. The Balaban J connectivity index is 2.65. The van der Waals surface area contributed by atoms with Crippen LogP contribution in [0.3, 0.4) is 0 Å². The molecule has 1 saturated carbocycles. The van der Waals surface area contributed by atoms with Gasteiger partial charge in [-0.15, -0.1) is 0 Å². The van der Waals surface area contributed by atoms with Crippen LogP contribution in [0, 0.1) is 23.7 Å². The van der Waals surface area contributed by atoms with Gasteiger partial charge in [-0.3, -0.25) is 4.79 Å². The average molecular weight is 196 g/mol. The van der Waals surface area contributed by atoms with E-state index in [9.17, 15) is 4.79 Å². The first-order valence-corrected chi connectivity index (χ1v) is 6.08. The number of ketones is 1. The van der Waals surface area contributed by atoms with Crippen LogP contribution >= 0.6 is 0 Å². The summed E-state index contributed by atoms with van der Waals surface area (Å²) < 4.78 is 0. The lowest BCUT2D eigenvalue weighted by Gasteiger charge is -2.36. The van der Waals surface area contributed by atoms with E-state index in [1.54, 1.807) is 0 Å². The zero-order valence-corrected chi connectivity index (χ0v) is 10.0. The predicted octanol–water partition coefficient (Wildman–Crippen LogP) is 3.67. The Bertz CT molecular complexity index is 193. The van der Waals surface area contributed by atoms with Crippen molar-refractivity contribution in [3.8, 4) is 0 Å². The van der Waals surface area contributed by atoms with Crippen LogP contribution in [0.1, 0.15) is 53.4 Å². The molecule has 0 aromatic carbocycles. The predicted molar refractivity (Wildman–Crippen MR) is 60.1 cm³/mol. The lowest BCUT2D eigenvalue weighted by molar-refractivity contribution is -0.123. The summed E-state index contributed by atoms with van der Waals surface area (Å²) in [4.78, 5) is 11.5. The lowest BCUT2D eigenvalue weighted by atomic mass is 9.68. The quantitative estimate of drug-likeness (QED) is 0.673. The van der Waals surface area contributed by atoms with Crippen molar-refractivity contribution in [2.24, 2.45) is 23.7 Å². The first-order chi connectivity index (χ1) is 6.56. The molecule has 0 aromatic heterocycles. The van der Waals surface area contributed by atoms with Crippen LogP contribution in [0.2, 0.25) is 0 Å². The SMILES string of the molecule is CCC1CCC(=O)CC1C(C)C(C)C. The van der Waals surface area contributed by atoms with Crippen LogP contribution in [-0.2, 0) is 4.79 Å². The van der Waals surface area contributed by atoms with Gasteiger partial charge in [0.2, 0.25) is 0 Å². The normalized spacial score (nSPS) is 30.8. The molecule has 0 aliphatic heterocycles. The van der Waals surface area contributed by atoms with Gasteiger partial charge in [-0.05, 0) is 30.1 Å². The molecule has 0 spiro atoms. The molecule has 0 radical (unpaired) electrons. The van der Waals surface area contributed by atoms with Crippen molar-refractivity contribution in [3.63, 3.8) is 0 Å². The molecule has 3 unspecified atom stereocenters. The molecule has 82 valence electrons. The van der Waals surface area contributed by atoms with Gasteiger partial charge in [-0.2, -0.15) is 0 Å².